The van der Waals surface area contributed by atoms with E-state index < -0.39 is 6.10 Å². The fourth-order valence-electron chi connectivity index (χ4n) is 4.65. The molecule has 5 rings (SSSR count). The zero-order valence-electron chi connectivity index (χ0n) is 19.9. The normalized spacial score (nSPS) is 16.6. The molecule has 2 atom stereocenters. The highest BCUT2D eigenvalue weighted by atomic mass is 16.5. The van der Waals surface area contributed by atoms with Crippen LogP contribution in [0.3, 0.4) is 0 Å². The molecule has 0 aliphatic carbocycles. The number of aliphatic hydroxyl groups is 1. The maximum Gasteiger partial charge on any atom is 0.227 e. The lowest BCUT2D eigenvalue weighted by Gasteiger charge is -2.20. The Kier molecular flexibility index (Phi) is 6.42. The molecule has 4 aromatic rings. The SMILES string of the molecule is COc1ccccc1N1C[C@H](c2nc3ccccc3n2C[C@@H](O)COc2ccc(C)cc2)CC1=O. The van der Waals surface area contributed by atoms with Crippen molar-refractivity contribution in [2.45, 2.75) is 31.9 Å². The molecule has 180 valence electrons. The van der Waals surface area contributed by atoms with Crippen molar-refractivity contribution in [2.75, 3.05) is 25.2 Å². The van der Waals surface area contributed by atoms with Crippen LogP contribution in [0.4, 0.5) is 5.69 Å². The average Bonchev–Trinajstić information content (AvgIpc) is 3.44. The maximum absolute atomic E-state index is 13.0. The summed E-state index contributed by atoms with van der Waals surface area (Å²) in [5.74, 6) is 2.11. The van der Waals surface area contributed by atoms with Gasteiger partial charge in [-0.1, -0.05) is 42.0 Å². The minimum atomic E-state index is -0.741. The largest absolute Gasteiger partial charge is 0.495 e. The highest BCUT2D eigenvalue weighted by Gasteiger charge is 2.36. The van der Waals surface area contributed by atoms with Crippen LogP contribution in [0.2, 0.25) is 0 Å². The second kappa shape index (κ2) is 9.80. The Hall–Kier alpha value is -3.84. The number of carbonyl (C=O) groups is 1. The van der Waals surface area contributed by atoms with E-state index in [1.54, 1.807) is 12.0 Å². The molecule has 0 radical (unpaired) electrons. The third-order valence-corrected chi connectivity index (χ3v) is 6.41. The van der Waals surface area contributed by atoms with Crippen molar-refractivity contribution in [1.82, 2.24) is 9.55 Å². The Labute approximate surface area is 204 Å². The van der Waals surface area contributed by atoms with E-state index in [-0.39, 0.29) is 18.4 Å². The van der Waals surface area contributed by atoms with E-state index in [1.807, 2.05) is 84.3 Å². The number of rotatable bonds is 8. The van der Waals surface area contributed by atoms with Crippen LogP contribution in [0.5, 0.6) is 11.5 Å². The quantitative estimate of drug-likeness (QED) is 0.414. The summed E-state index contributed by atoms with van der Waals surface area (Å²) in [5.41, 5.74) is 3.69. The summed E-state index contributed by atoms with van der Waals surface area (Å²) in [4.78, 5) is 19.7. The lowest BCUT2D eigenvalue weighted by Crippen LogP contribution is -2.26. The van der Waals surface area contributed by atoms with Gasteiger partial charge in [-0.05, 0) is 43.3 Å². The van der Waals surface area contributed by atoms with E-state index in [0.29, 0.717) is 25.3 Å². The highest BCUT2D eigenvalue weighted by Crippen LogP contribution is 2.37. The first-order chi connectivity index (χ1) is 17.0. The molecule has 1 amide bonds. The third kappa shape index (κ3) is 4.72. The van der Waals surface area contributed by atoms with Crippen LogP contribution in [0.25, 0.3) is 11.0 Å². The van der Waals surface area contributed by atoms with Crippen molar-refractivity contribution in [2.24, 2.45) is 0 Å². The first kappa shape index (κ1) is 22.9. The number of carbonyl (C=O) groups excluding carboxylic acids is 1. The summed E-state index contributed by atoms with van der Waals surface area (Å²) in [5, 5.41) is 10.8. The van der Waals surface area contributed by atoms with E-state index in [2.05, 4.69) is 0 Å². The van der Waals surface area contributed by atoms with Gasteiger partial charge in [-0.25, -0.2) is 4.98 Å². The molecule has 1 aliphatic heterocycles. The fraction of sp³-hybridized carbons (Fsp3) is 0.286. The molecule has 1 N–H and O–H groups in total. The number of ether oxygens (including phenoxy) is 2. The number of nitrogens with zero attached hydrogens (tertiary/aromatic N) is 3. The van der Waals surface area contributed by atoms with Crippen molar-refractivity contribution < 1.29 is 19.4 Å². The number of amides is 1. The van der Waals surface area contributed by atoms with Crippen LogP contribution in [-0.2, 0) is 11.3 Å². The topological polar surface area (TPSA) is 76.8 Å². The maximum atomic E-state index is 13.0. The van der Waals surface area contributed by atoms with Gasteiger partial charge in [0, 0.05) is 18.9 Å². The van der Waals surface area contributed by atoms with Crippen LogP contribution in [0.15, 0.2) is 72.8 Å². The molecule has 0 bridgehead atoms. The van der Waals surface area contributed by atoms with Gasteiger partial charge in [0.25, 0.3) is 0 Å². The molecule has 1 aliphatic rings. The predicted octanol–water partition coefficient (Wildman–Crippen LogP) is 4.31. The number of imidazole rings is 1. The fourth-order valence-corrected chi connectivity index (χ4v) is 4.65. The molecule has 0 unspecified atom stereocenters. The number of fused-ring (bicyclic) bond motifs is 1. The monoisotopic (exact) mass is 471 g/mol. The minimum absolute atomic E-state index is 0.0290. The van der Waals surface area contributed by atoms with Crippen LogP contribution in [0, 0.1) is 6.92 Å². The molecule has 7 heteroatoms. The number of hydrogen-bond acceptors (Lipinski definition) is 5. The zero-order valence-corrected chi connectivity index (χ0v) is 19.9. The second-order valence-electron chi connectivity index (χ2n) is 8.92. The molecular formula is C28H29N3O4. The third-order valence-electron chi connectivity index (χ3n) is 6.41. The van der Waals surface area contributed by atoms with Crippen LogP contribution in [0.1, 0.15) is 23.7 Å². The first-order valence-corrected chi connectivity index (χ1v) is 11.8. The Morgan fingerprint density at radius 3 is 2.60 bits per heavy atom. The number of aliphatic hydroxyl groups excluding tert-OH is 1. The standard InChI is InChI=1S/C28H29N3O4/c1-19-11-13-22(14-12-19)35-18-21(32)17-31-24-8-4-3-7-23(24)29-28(31)20-15-27(33)30(16-20)25-9-5-6-10-26(25)34-2/h3-14,20-21,32H,15-18H2,1-2H3/t20-,21-/m1/s1. The van der Waals surface area contributed by atoms with Crippen LogP contribution < -0.4 is 14.4 Å². The first-order valence-electron chi connectivity index (χ1n) is 11.8. The summed E-state index contributed by atoms with van der Waals surface area (Å²) >= 11 is 0. The van der Waals surface area contributed by atoms with E-state index in [1.165, 1.54) is 0 Å². The number of aromatic nitrogens is 2. The summed E-state index contributed by atoms with van der Waals surface area (Å²) in [7, 11) is 1.61. The molecule has 0 spiro atoms. The lowest BCUT2D eigenvalue weighted by atomic mass is 10.1. The van der Waals surface area contributed by atoms with Gasteiger partial charge in [-0.2, -0.15) is 0 Å². The number of para-hydroxylation sites is 4. The Morgan fingerprint density at radius 2 is 1.80 bits per heavy atom. The van der Waals surface area contributed by atoms with Crippen molar-refractivity contribution >= 4 is 22.6 Å². The van der Waals surface area contributed by atoms with Gasteiger partial charge >= 0.3 is 0 Å². The van der Waals surface area contributed by atoms with Crippen molar-refractivity contribution in [3.63, 3.8) is 0 Å². The average molecular weight is 472 g/mol. The van der Waals surface area contributed by atoms with E-state index in [0.717, 1.165) is 33.9 Å². The molecule has 0 saturated carbocycles. The number of aryl methyl sites for hydroxylation is 1. The Balaban J connectivity index is 1.39. The Morgan fingerprint density at radius 1 is 1.06 bits per heavy atom. The van der Waals surface area contributed by atoms with E-state index in [9.17, 15) is 9.90 Å². The van der Waals surface area contributed by atoms with E-state index >= 15 is 0 Å². The van der Waals surface area contributed by atoms with Gasteiger partial charge in [-0.3, -0.25) is 4.79 Å². The molecule has 1 fully saturated rings. The Bertz CT molecular complexity index is 1330. The van der Waals surface area contributed by atoms with Crippen molar-refractivity contribution in [3.05, 3.63) is 84.2 Å². The van der Waals surface area contributed by atoms with Gasteiger partial charge in [0.2, 0.25) is 5.91 Å². The molecule has 1 aromatic heterocycles. The summed E-state index contributed by atoms with van der Waals surface area (Å²) in [6, 6.07) is 23.2. The van der Waals surface area contributed by atoms with Gasteiger partial charge in [0.1, 0.15) is 30.0 Å². The molecule has 1 saturated heterocycles. The smallest absolute Gasteiger partial charge is 0.227 e. The number of anilines is 1. The van der Waals surface area contributed by atoms with E-state index in [4.69, 9.17) is 14.5 Å². The second-order valence-corrected chi connectivity index (χ2v) is 8.92. The summed E-state index contributed by atoms with van der Waals surface area (Å²) in [6.45, 7) is 3.00. The van der Waals surface area contributed by atoms with Crippen LogP contribution in [-0.4, -0.2) is 46.9 Å². The molecular weight excluding hydrogens is 442 g/mol. The van der Waals surface area contributed by atoms with Gasteiger partial charge in [0.15, 0.2) is 0 Å². The number of benzene rings is 3. The molecule has 3 aromatic carbocycles. The lowest BCUT2D eigenvalue weighted by molar-refractivity contribution is -0.117. The van der Waals surface area contributed by atoms with Gasteiger partial charge in [0.05, 0.1) is 30.4 Å². The van der Waals surface area contributed by atoms with Gasteiger partial charge in [-0.15, -0.1) is 0 Å². The zero-order chi connectivity index (χ0) is 24.4. The summed E-state index contributed by atoms with van der Waals surface area (Å²) < 4.78 is 13.3. The number of methoxy groups -OCH3 is 1. The predicted molar refractivity (Wildman–Crippen MR) is 135 cm³/mol. The highest BCUT2D eigenvalue weighted by molar-refractivity contribution is 5.97. The molecule has 7 nitrogen and oxygen atoms in total. The van der Waals surface area contributed by atoms with Crippen molar-refractivity contribution in [1.29, 1.82) is 0 Å². The van der Waals surface area contributed by atoms with Crippen LogP contribution >= 0.6 is 0 Å². The van der Waals surface area contributed by atoms with Gasteiger partial charge < -0.3 is 24.0 Å². The minimum Gasteiger partial charge on any atom is -0.495 e. The molecule has 2 heterocycles. The number of hydrogen-bond donors (Lipinski definition) is 1. The summed E-state index contributed by atoms with van der Waals surface area (Å²) in [6.07, 6.45) is -0.396. The van der Waals surface area contributed by atoms with Crippen molar-refractivity contribution in [3.8, 4) is 11.5 Å². The molecule has 35 heavy (non-hydrogen) atoms.